The Morgan fingerprint density at radius 3 is 2.59 bits per heavy atom. The lowest BCUT2D eigenvalue weighted by molar-refractivity contribution is 0.573. The molecule has 0 aliphatic rings. The quantitative estimate of drug-likeness (QED) is 0.730. The molecule has 0 saturated carbocycles. The molecule has 1 heterocycles. The number of rotatable bonds is 5. The number of para-hydroxylation sites is 1. The molecule has 0 aliphatic carbocycles. The number of halogens is 1. The molecular weight excluding hydrogens is 338 g/mol. The van der Waals surface area contributed by atoms with Crippen LogP contribution in [0, 0.1) is 0 Å². The number of nitrogens with zero attached hydrogens (tertiary/aromatic N) is 2. The second-order valence-corrected chi connectivity index (χ2v) is 6.11. The zero-order valence-electron chi connectivity index (χ0n) is 12.4. The van der Waals surface area contributed by atoms with Gasteiger partial charge in [0, 0.05) is 28.8 Å². The molecule has 0 unspecified atom stereocenters. The summed E-state index contributed by atoms with van der Waals surface area (Å²) < 4.78 is 3.04. The van der Waals surface area contributed by atoms with Gasteiger partial charge in [0.2, 0.25) is 0 Å². The van der Waals surface area contributed by atoms with Gasteiger partial charge in [0.05, 0.1) is 11.9 Å². The fourth-order valence-electron chi connectivity index (χ4n) is 2.38. The first-order valence-electron chi connectivity index (χ1n) is 7.31. The van der Waals surface area contributed by atoms with E-state index in [1.54, 1.807) is 0 Å². The van der Waals surface area contributed by atoms with Crippen LogP contribution in [0.15, 0.2) is 71.5 Å². The summed E-state index contributed by atoms with van der Waals surface area (Å²) in [6.45, 7) is 2.96. The minimum atomic E-state index is 0.274. The second kappa shape index (κ2) is 6.90. The molecule has 1 N–H and O–H groups in total. The van der Waals surface area contributed by atoms with Gasteiger partial charge in [0.1, 0.15) is 0 Å². The molecule has 3 aromatic rings. The molecule has 0 radical (unpaired) electrons. The Kier molecular flexibility index (Phi) is 4.71. The Morgan fingerprint density at radius 1 is 1.09 bits per heavy atom. The van der Waals surface area contributed by atoms with Crippen LogP contribution in [0.3, 0.4) is 0 Å². The summed E-state index contributed by atoms with van der Waals surface area (Å²) in [4.78, 5) is 0. The van der Waals surface area contributed by atoms with Gasteiger partial charge in [0.25, 0.3) is 0 Å². The zero-order chi connectivity index (χ0) is 15.4. The van der Waals surface area contributed by atoms with E-state index in [9.17, 15) is 0 Å². The van der Waals surface area contributed by atoms with Gasteiger partial charge in [-0.05, 0) is 30.7 Å². The molecule has 0 saturated heterocycles. The third-order valence-electron chi connectivity index (χ3n) is 3.64. The lowest BCUT2D eigenvalue weighted by Crippen LogP contribution is -2.18. The summed E-state index contributed by atoms with van der Waals surface area (Å²) in [5, 5.41) is 7.96. The second-order valence-electron chi connectivity index (χ2n) is 5.25. The van der Waals surface area contributed by atoms with Crippen molar-refractivity contribution in [3.63, 3.8) is 0 Å². The first-order chi connectivity index (χ1) is 10.7. The highest BCUT2D eigenvalue weighted by molar-refractivity contribution is 9.10. The summed E-state index contributed by atoms with van der Waals surface area (Å²) >= 11 is 3.60. The van der Waals surface area contributed by atoms with E-state index in [2.05, 4.69) is 57.7 Å². The van der Waals surface area contributed by atoms with Gasteiger partial charge < -0.3 is 5.32 Å². The molecule has 0 bridgehead atoms. The van der Waals surface area contributed by atoms with Crippen LogP contribution >= 0.6 is 15.9 Å². The van der Waals surface area contributed by atoms with E-state index < -0.39 is 0 Å². The molecule has 0 amide bonds. The maximum absolute atomic E-state index is 4.42. The number of aromatic nitrogens is 2. The summed E-state index contributed by atoms with van der Waals surface area (Å²) in [6.07, 6.45) is 3.97. The molecule has 3 rings (SSSR count). The van der Waals surface area contributed by atoms with Gasteiger partial charge in [0.15, 0.2) is 0 Å². The predicted molar refractivity (Wildman–Crippen MR) is 93.0 cm³/mol. The average Bonchev–Trinajstić information content (AvgIpc) is 3.03. The lowest BCUT2D eigenvalue weighted by atomic mass is 10.1. The Labute approximate surface area is 139 Å². The first kappa shape index (κ1) is 15.0. The zero-order valence-corrected chi connectivity index (χ0v) is 14.0. The summed E-state index contributed by atoms with van der Waals surface area (Å²) in [6, 6.07) is 18.7. The monoisotopic (exact) mass is 355 g/mol. The highest BCUT2D eigenvalue weighted by Gasteiger charge is 2.09. The molecular formula is C18H18BrN3. The van der Waals surface area contributed by atoms with Crippen LogP contribution < -0.4 is 5.32 Å². The van der Waals surface area contributed by atoms with E-state index in [0.29, 0.717) is 0 Å². The van der Waals surface area contributed by atoms with E-state index in [1.165, 1.54) is 11.1 Å². The highest BCUT2D eigenvalue weighted by Crippen LogP contribution is 2.23. The molecule has 0 aliphatic heterocycles. The van der Waals surface area contributed by atoms with Gasteiger partial charge in [-0.1, -0.05) is 52.3 Å². The lowest BCUT2D eigenvalue weighted by Gasteiger charge is -2.15. The normalized spacial score (nSPS) is 12.3. The van der Waals surface area contributed by atoms with Gasteiger partial charge >= 0.3 is 0 Å². The highest BCUT2D eigenvalue weighted by atomic mass is 79.9. The summed E-state index contributed by atoms with van der Waals surface area (Å²) in [5.74, 6) is 0. The van der Waals surface area contributed by atoms with Crippen LogP contribution in [0.25, 0.3) is 5.69 Å². The standard InChI is InChI=1S/C18H18BrN3/c1-14(17-9-5-6-10-18(17)19)20-11-15-12-21-22(13-15)16-7-3-2-4-8-16/h2-10,12-14,20H,11H2,1H3/t14-/m0/s1. The maximum atomic E-state index is 4.42. The van der Waals surface area contributed by atoms with Crippen molar-refractivity contribution in [2.24, 2.45) is 0 Å². The van der Waals surface area contributed by atoms with Crippen molar-refractivity contribution in [1.29, 1.82) is 0 Å². The fraction of sp³-hybridized carbons (Fsp3) is 0.167. The van der Waals surface area contributed by atoms with E-state index in [4.69, 9.17) is 0 Å². The SMILES string of the molecule is C[C@H](NCc1cnn(-c2ccccc2)c1)c1ccccc1Br. The van der Waals surface area contributed by atoms with Crippen molar-refractivity contribution in [2.75, 3.05) is 0 Å². The molecule has 1 aromatic heterocycles. The van der Waals surface area contributed by atoms with Crippen molar-refractivity contribution >= 4 is 15.9 Å². The van der Waals surface area contributed by atoms with Crippen LogP contribution in [0.1, 0.15) is 24.1 Å². The Hall–Kier alpha value is -1.91. The van der Waals surface area contributed by atoms with Gasteiger partial charge in [-0.3, -0.25) is 0 Å². The molecule has 3 nitrogen and oxygen atoms in total. The molecule has 112 valence electrons. The Balaban J connectivity index is 1.65. The number of hydrogen-bond donors (Lipinski definition) is 1. The average molecular weight is 356 g/mol. The number of hydrogen-bond acceptors (Lipinski definition) is 2. The third kappa shape index (κ3) is 3.46. The topological polar surface area (TPSA) is 29.9 Å². The summed E-state index contributed by atoms with van der Waals surface area (Å²) in [5.41, 5.74) is 3.51. The van der Waals surface area contributed by atoms with Crippen LogP contribution in [0.2, 0.25) is 0 Å². The molecule has 1 atom stereocenters. The van der Waals surface area contributed by atoms with Gasteiger partial charge in [-0.2, -0.15) is 5.10 Å². The number of nitrogens with one attached hydrogen (secondary N) is 1. The van der Waals surface area contributed by atoms with E-state index in [-0.39, 0.29) is 6.04 Å². The van der Waals surface area contributed by atoms with Crippen LogP contribution in [-0.4, -0.2) is 9.78 Å². The van der Waals surface area contributed by atoms with Crippen molar-refractivity contribution in [2.45, 2.75) is 19.5 Å². The predicted octanol–water partition coefficient (Wildman–Crippen LogP) is 4.49. The molecule has 0 spiro atoms. The van der Waals surface area contributed by atoms with E-state index >= 15 is 0 Å². The van der Waals surface area contributed by atoms with Crippen molar-refractivity contribution in [1.82, 2.24) is 15.1 Å². The molecule has 22 heavy (non-hydrogen) atoms. The fourth-order valence-corrected chi connectivity index (χ4v) is 3.01. The van der Waals surface area contributed by atoms with Crippen molar-refractivity contribution in [3.8, 4) is 5.69 Å². The van der Waals surface area contributed by atoms with E-state index in [0.717, 1.165) is 16.7 Å². The van der Waals surface area contributed by atoms with Gasteiger partial charge in [-0.25, -0.2) is 4.68 Å². The first-order valence-corrected chi connectivity index (χ1v) is 8.10. The largest absolute Gasteiger partial charge is 0.306 e. The van der Waals surface area contributed by atoms with Crippen molar-refractivity contribution < 1.29 is 0 Å². The van der Waals surface area contributed by atoms with Gasteiger partial charge in [-0.15, -0.1) is 0 Å². The van der Waals surface area contributed by atoms with Crippen LogP contribution in [0.4, 0.5) is 0 Å². The Bertz CT molecular complexity index is 737. The summed E-state index contributed by atoms with van der Waals surface area (Å²) in [7, 11) is 0. The maximum Gasteiger partial charge on any atom is 0.0645 e. The third-order valence-corrected chi connectivity index (χ3v) is 4.36. The van der Waals surface area contributed by atoms with Crippen molar-refractivity contribution in [3.05, 3.63) is 82.6 Å². The number of benzene rings is 2. The minimum absolute atomic E-state index is 0.274. The van der Waals surface area contributed by atoms with Crippen LogP contribution in [0.5, 0.6) is 0 Å². The molecule has 4 heteroatoms. The van der Waals surface area contributed by atoms with Crippen LogP contribution in [-0.2, 0) is 6.54 Å². The smallest absolute Gasteiger partial charge is 0.0645 e. The minimum Gasteiger partial charge on any atom is -0.306 e. The Morgan fingerprint density at radius 2 is 1.82 bits per heavy atom. The molecule has 2 aromatic carbocycles. The molecule has 0 fully saturated rings. The van der Waals surface area contributed by atoms with E-state index in [1.807, 2.05) is 47.3 Å².